The minimum Gasteiger partial charge on any atom is -0.351 e. The van der Waals surface area contributed by atoms with Crippen molar-refractivity contribution in [2.24, 2.45) is 0 Å². The molecule has 3 heterocycles. The van der Waals surface area contributed by atoms with Crippen molar-refractivity contribution >= 4 is 39.4 Å². The average molecular weight is 327 g/mol. The van der Waals surface area contributed by atoms with Crippen molar-refractivity contribution in [3.63, 3.8) is 0 Å². The van der Waals surface area contributed by atoms with E-state index in [-0.39, 0.29) is 0 Å². The van der Waals surface area contributed by atoms with Gasteiger partial charge in [0.25, 0.3) is 0 Å². The summed E-state index contributed by atoms with van der Waals surface area (Å²) >= 11 is 4.59. The SMILES string of the molecule is Brc1cnc(N2CCN(c3cnsn3)CC2)nc1. The van der Waals surface area contributed by atoms with Gasteiger partial charge in [0.1, 0.15) is 0 Å². The Bertz CT molecular complexity index is 494. The van der Waals surface area contributed by atoms with Crippen LogP contribution < -0.4 is 9.80 Å². The van der Waals surface area contributed by atoms with E-state index >= 15 is 0 Å². The van der Waals surface area contributed by atoms with Crippen LogP contribution in [-0.4, -0.2) is 44.9 Å². The van der Waals surface area contributed by atoms with E-state index in [9.17, 15) is 0 Å². The molecule has 2 aromatic heterocycles. The van der Waals surface area contributed by atoms with E-state index in [4.69, 9.17) is 0 Å². The lowest BCUT2D eigenvalue weighted by molar-refractivity contribution is 0.636. The minimum atomic E-state index is 0.786. The molecule has 1 aliphatic heterocycles. The molecule has 0 amide bonds. The van der Waals surface area contributed by atoms with Crippen LogP contribution in [0.25, 0.3) is 0 Å². The highest BCUT2D eigenvalue weighted by atomic mass is 79.9. The molecule has 0 saturated carbocycles. The minimum absolute atomic E-state index is 0.786. The first-order chi connectivity index (χ1) is 8.83. The van der Waals surface area contributed by atoms with Crippen molar-refractivity contribution < 1.29 is 0 Å². The topological polar surface area (TPSA) is 58.0 Å². The fourth-order valence-corrected chi connectivity index (χ4v) is 2.54. The van der Waals surface area contributed by atoms with Gasteiger partial charge in [0.2, 0.25) is 5.95 Å². The molecule has 8 heteroatoms. The van der Waals surface area contributed by atoms with Crippen LogP contribution in [0.3, 0.4) is 0 Å². The second kappa shape index (κ2) is 5.15. The van der Waals surface area contributed by atoms with Crippen molar-refractivity contribution in [1.29, 1.82) is 0 Å². The monoisotopic (exact) mass is 326 g/mol. The molecule has 0 bridgehead atoms. The highest BCUT2D eigenvalue weighted by Gasteiger charge is 2.20. The van der Waals surface area contributed by atoms with Crippen LogP contribution in [0.4, 0.5) is 11.8 Å². The van der Waals surface area contributed by atoms with E-state index < -0.39 is 0 Å². The van der Waals surface area contributed by atoms with E-state index in [2.05, 4.69) is 44.4 Å². The molecular formula is C10H11BrN6S. The second-order valence-electron chi connectivity index (χ2n) is 3.94. The highest BCUT2D eigenvalue weighted by Crippen LogP contribution is 2.17. The summed E-state index contributed by atoms with van der Waals surface area (Å²) in [5, 5.41) is 0. The smallest absolute Gasteiger partial charge is 0.225 e. The molecule has 1 saturated heterocycles. The Hall–Kier alpha value is -1.28. The summed E-state index contributed by atoms with van der Waals surface area (Å²) in [4.78, 5) is 13.0. The summed E-state index contributed by atoms with van der Waals surface area (Å²) in [5.74, 6) is 1.76. The van der Waals surface area contributed by atoms with Gasteiger partial charge in [-0.25, -0.2) is 9.97 Å². The zero-order chi connectivity index (χ0) is 12.4. The second-order valence-corrected chi connectivity index (χ2v) is 5.41. The normalized spacial score (nSPS) is 16.1. The van der Waals surface area contributed by atoms with Crippen molar-refractivity contribution in [1.82, 2.24) is 18.7 Å². The van der Waals surface area contributed by atoms with E-state index in [0.29, 0.717) is 0 Å². The molecule has 1 fully saturated rings. The lowest BCUT2D eigenvalue weighted by atomic mass is 10.3. The summed E-state index contributed by atoms with van der Waals surface area (Å²) in [6, 6.07) is 0. The molecule has 1 aliphatic rings. The van der Waals surface area contributed by atoms with Gasteiger partial charge in [0.05, 0.1) is 22.4 Å². The number of halogens is 1. The van der Waals surface area contributed by atoms with Gasteiger partial charge in [0, 0.05) is 38.6 Å². The maximum Gasteiger partial charge on any atom is 0.225 e. The fourth-order valence-electron chi connectivity index (χ4n) is 1.90. The van der Waals surface area contributed by atoms with Gasteiger partial charge in [-0.2, -0.15) is 8.75 Å². The lowest BCUT2D eigenvalue weighted by Crippen LogP contribution is -2.47. The van der Waals surface area contributed by atoms with E-state index in [1.54, 1.807) is 12.4 Å². The Balaban J connectivity index is 1.65. The van der Waals surface area contributed by atoms with Gasteiger partial charge < -0.3 is 9.80 Å². The predicted molar refractivity (Wildman–Crippen MR) is 74.1 cm³/mol. The van der Waals surface area contributed by atoms with Crippen LogP contribution in [0, 0.1) is 0 Å². The van der Waals surface area contributed by atoms with Crippen LogP contribution in [0.15, 0.2) is 23.1 Å². The Labute approximate surface area is 117 Å². The molecule has 0 atom stereocenters. The summed E-state index contributed by atoms with van der Waals surface area (Å²) in [7, 11) is 0. The number of hydrogen-bond acceptors (Lipinski definition) is 7. The van der Waals surface area contributed by atoms with Gasteiger partial charge in [-0.15, -0.1) is 0 Å². The van der Waals surface area contributed by atoms with E-state index in [1.165, 1.54) is 11.7 Å². The number of nitrogens with zero attached hydrogens (tertiary/aromatic N) is 6. The first-order valence-corrected chi connectivity index (χ1v) is 7.10. The van der Waals surface area contributed by atoms with Crippen LogP contribution >= 0.6 is 27.7 Å². The summed E-state index contributed by atoms with van der Waals surface area (Å²) in [6.07, 6.45) is 5.37. The molecular weight excluding hydrogens is 316 g/mol. The molecule has 6 nitrogen and oxygen atoms in total. The van der Waals surface area contributed by atoms with Crippen molar-refractivity contribution in [3.8, 4) is 0 Å². The van der Waals surface area contributed by atoms with Crippen LogP contribution in [0.5, 0.6) is 0 Å². The number of aromatic nitrogens is 4. The fraction of sp³-hybridized carbons (Fsp3) is 0.400. The molecule has 0 spiro atoms. The molecule has 18 heavy (non-hydrogen) atoms. The zero-order valence-corrected chi connectivity index (χ0v) is 11.9. The summed E-state index contributed by atoms with van der Waals surface area (Å²) in [6.45, 7) is 3.65. The zero-order valence-electron chi connectivity index (χ0n) is 9.53. The third-order valence-corrected chi connectivity index (χ3v) is 3.72. The molecule has 0 unspecified atom stereocenters. The van der Waals surface area contributed by atoms with E-state index in [0.717, 1.165) is 42.4 Å². The molecule has 3 rings (SSSR count). The van der Waals surface area contributed by atoms with Crippen LogP contribution in [0.2, 0.25) is 0 Å². The van der Waals surface area contributed by atoms with Crippen molar-refractivity contribution in [3.05, 3.63) is 23.1 Å². The first-order valence-electron chi connectivity index (χ1n) is 5.58. The molecule has 94 valence electrons. The number of hydrogen-bond donors (Lipinski definition) is 0. The van der Waals surface area contributed by atoms with Gasteiger partial charge in [0.15, 0.2) is 5.82 Å². The van der Waals surface area contributed by atoms with Gasteiger partial charge in [-0.05, 0) is 15.9 Å². The van der Waals surface area contributed by atoms with Gasteiger partial charge >= 0.3 is 0 Å². The molecule has 2 aromatic rings. The van der Waals surface area contributed by atoms with Gasteiger partial charge in [-0.1, -0.05) is 0 Å². The number of piperazine rings is 1. The quantitative estimate of drug-likeness (QED) is 0.831. The van der Waals surface area contributed by atoms with Crippen molar-refractivity contribution in [2.45, 2.75) is 0 Å². The van der Waals surface area contributed by atoms with Crippen LogP contribution in [0.1, 0.15) is 0 Å². The molecule has 0 N–H and O–H groups in total. The van der Waals surface area contributed by atoms with Crippen molar-refractivity contribution in [2.75, 3.05) is 36.0 Å². The molecule has 0 aliphatic carbocycles. The largest absolute Gasteiger partial charge is 0.351 e. The lowest BCUT2D eigenvalue weighted by Gasteiger charge is -2.34. The maximum atomic E-state index is 4.31. The Morgan fingerprint density at radius 2 is 1.67 bits per heavy atom. The predicted octanol–water partition coefficient (Wildman–Crippen LogP) is 1.42. The number of rotatable bonds is 2. The standard InChI is InChI=1S/C10H11BrN6S/c11-8-5-12-10(13-6-8)17-3-1-16(2-4-17)9-7-14-18-15-9/h5-7H,1-4H2. The van der Waals surface area contributed by atoms with Crippen LogP contribution in [-0.2, 0) is 0 Å². The third-order valence-electron chi connectivity index (χ3n) is 2.84. The molecule has 0 aromatic carbocycles. The Kier molecular flexibility index (Phi) is 3.37. The van der Waals surface area contributed by atoms with E-state index in [1.807, 2.05) is 6.20 Å². The molecule has 0 radical (unpaired) electrons. The average Bonchev–Trinajstić information content (AvgIpc) is 2.94. The third kappa shape index (κ3) is 2.44. The highest BCUT2D eigenvalue weighted by molar-refractivity contribution is 9.10. The summed E-state index contributed by atoms with van der Waals surface area (Å²) in [5.41, 5.74) is 0. The number of anilines is 2. The maximum absolute atomic E-state index is 4.31. The Morgan fingerprint density at radius 3 is 2.28 bits per heavy atom. The summed E-state index contributed by atoms with van der Waals surface area (Å²) < 4.78 is 9.18. The Morgan fingerprint density at radius 1 is 1.00 bits per heavy atom. The first kappa shape index (κ1) is 11.8. The van der Waals surface area contributed by atoms with Gasteiger partial charge in [-0.3, -0.25) is 0 Å².